The highest BCUT2D eigenvalue weighted by Gasteiger charge is 2.12. The number of rotatable bonds is 3. The van der Waals surface area contributed by atoms with Crippen molar-refractivity contribution < 1.29 is 9.53 Å². The maximum atomic E-state index is 12.0. The number of carbonyl (C=O) groups is 1. The molecule has 7 nitrogen and oxygen atoms in total. The normalized spacial score (nSPS) is 10.2. The van der Waals surface area contributed by atoms with Gasteiger partial charge in [-0.05, 0) is 13.0 Å². The summed E-state index contributed by atoms with van der Waals surface area (Å²) in [5, 5.41) is 6.76. The van der Waals surface area contributed by atoms with E-state index in [2.05, 4.69) is 20.4 Å². The van der Waals surface area contributed by atoms with Crippen molar-refractivity contribution in [2.24, 2.45) is 7.05 Å². The molecule has 2 rings (SSSR count). The van der Waals surface area contributed by atoms with Crippen LogP contribution >= 0.6 is 0 Å². The molecular formula is C11H13N5O2. The highest BCUT2D eigenvalue weighted by Crippen LogP contribution is 2.11. The van der Waals surface area contributed by atoms with Crippen LogP contribution in [0.3, 0.4) is 0 Å². The number of carbonyl (C=O) groups excluding carboxylic acids is 1. The number of hydrogen-bond donors (Lipinski definition) is 1. The van der Waals surface area contributed by atoms with Gasteiger partial charge in [0.15, 0.2) is 0 Å². The van der Waals surface area contributed by atoms with E-state index in [-0.39, 0.29) is 5.91 Å². The lowest BCUT2D eigenvalue weighted by Gasteiger charge is -2.05. The Morgan fingerprint density at radius 3 is 2.78 bits per heavy atom. The molecule has 0 aliphatic carbocycles. The van der Waals surface area contributed by atoms with Crippen LogP contribution in [-0.4, -0.2) is 32.8 Å². The van der Waals surface area contributed by atoms with Crippen molar-refractivity contribution in [2.45, 2.75) is 6.92 Å². The van der Waals surface area contributed by atoms with Crippen LogP contribution in [0.5, 0.6) is 5.88 Å². The van der Waals surface area contributed by atoms with Crippen molar-refractivity contribution in [1.82, 2.24) is 19.7 Å². The van der Waals surface area contributed by atoms with Gasteiger partial charge in [-0.25, -0.2) is 9.97 Å². The standard InChI is InChI=1S/C11H13N5O2/c1-7-4-8(16(2)15-7)11(17)14-9-5-10(18-3)13-6-12-9/h4-6H,1-3H3,(H,12,13,14,17). The van der Waals surface area contributed by atoms with Gasteiger partial charge in [0.2, 0.25) is 5.88 Å². The Hall–Kier alpha value is -2.44. The van der Waals surface area contributed by atoms with Crippen LogP contribution in [0, 0.1) is 6.92 Å². The first-order valence-corrected chi connectivity index (χ1v) is 5.28. The number of ether oxygens (including phenoxy) is 1. The average Bonchev–Trinajstić information content (AvgIpc) is 2.69. The van der Waals surface area contributed by atoms with Gasteiger partial charge in [0, 0.05) is 13.1 Å². The van der Waals surface area contributed by atoms with Gasteiger partial charge in [-0.15, -0.1) is 0 Å². The molecule has 2 aromatic heterocycles. The fraction of sp³-hybridized carbons (Fsp3) is 0.273. The van der Waals surface area contributed by atoms with Gasteiger partial charge in [-0.1, -0.05) is 0 Å². The topological polar surface area (TPSA) is 81.9 Å². The van der Waals surface area contributed by atoms with Crippen LogP contribution in [0.25, 0.3) is 0 Å². The maximum Gasteiger partial charge on any atom is 0.275 e. The lowest BCUT2D eigenvalue weighted by atomic mass is 10.3. The molecule has 2 heterocycles. The summed E-state index contributed by atoms with van der Waals surface area (Å²) in [6, 6.07) is 3.24. The minimum absolute atomic E-state index is 0.279. The third kappa shape index (κ3) is 2.45. The number of anilines is 1. The molecule has 0 aliphatic rings. The number of nitrogens with one attached hydrogen (secondary N) is 1. The fourth-order valence-corrected chi connectivity index (χ4v) is 1.52. The molecule has 0 atom stereocenters. The Labute approximate surface area is 104 Å². The second-order valence-electron chi connectivity index (χ2n) is 3.69. The van der Waals surface area contributed by atoms with Crippen molar-refractivity contribution in [2.75, 3.05) is 12.4 Å². The van der Waals surface area contributed by atoms with Crippen molar-refractivity contribution in [3.63, 3.8) is 0 Å². The largest absolute Gasteiger partial charge is 0.481 e. The minimum atomic E-state index is -0.279. The molecule has 1 N–H and O–H groups in total. The highest BCUT2D eigenvalue weighted by molar-refractivity contribution is 6.02. The van der Waals surface area contributed by atoms with Gasteiger partial charge >= 0.3 is 0 Å². The van der Waals surface area contributed by atoms with Crippen molar-refractivity contribution in [3.8, 4) is 5.88 Å². The minimum Gasteiger partial charge on any atom is -0.481 e. The molecule has 0 unspecified atom stereocenters. The molecule has 0 aliphatic heterocycles. The Kier molecular flexibility index (Phi) is 3.22. The summed E-state index contributed by atoms with van der Waals surface area (Å²) in [6.07, 6.45) is 1.32. The Morgan fingerprint density at radius 1 is 1.39 bits per heavy atom. The Morgan fingerprint density at radius 2 is 2.17 bits per heavy atom. The van der Waals surface area contributed by atoms with Gasteiger partial charge in [0.1, 0.15) is 17.8 Å². The molecule has 18 heavy (non-hydrogen) atoms. The van der Waals surface area contributed by atoms with Crippen molar-refractivity contribution >= 4 is 11.7 Å². The first kappa shape index (κ1) is 12.0. The summed E-state index contributed by atoms with van der Waals surface area (Å²) in [5.41, 5.74) is 1.24. The van der Waals surface area contributed by atoms with Crippen LogP contribution in [0.2, 0.25) is 0 Å². The molecule has 0 aromatic carbocycles. The number of aromatic nitrogens is 4. The SMILES string of the molecule is COc1cc(NC(=O)c2cc(C)nn2C)ncn1. The lowest BCUT2D eigenvalue weighted by molar-refractivity contribution is 0.101. The summed E-state index contributed by atoms with van der Waals surface area (Å²) in [6.45, 7) is 1.82. The van der Waals surface area contributed by atoms with E-state index in [1.165, 1.54) is 18.1 Å². The van der Waals surface area contributed by atoms with E-state index in [9.17, 15) is 4.79 Å². The second-order valence-corrected chi connectivity index (χ2v) is 3.69. The van der Waals surface area contributed by atoms with E-state index < -0.39 is 0 Å². The molecule has 0 radical (unpaired) electrons. The van der Waals surface area contributed by atoms with E-state index in [1.54, 1.807) is 19.2 Å². The van der Waals surface area contributed by atoms with Crippen LogP contribution in [-0.2, 0) is 7.05 Å². The van der Waals surface area contributed by atoms with Crippen LogP contribution in [0.15, 0.2) is 18.5 Å². The average molecular weight is 247 g/mol. The number of methoxy groups -OCH3 is 1. The molecule has 2 aromatic rings. The third-order valence-electron chi connectivity index (χ3n) is 2.33. The molecule has 0 saturated heterocycles. The van der Waals surface area contributed by atoms with Crippen molar-refractivity contribution in [3.05, 3.63) is 29.8 Å². The Balaban J connectivity index is 2.18. The van der Waals surface area contributed by atoms with E-state index >= 15 is 0 Å². The predicted molar refractivity (Wildman–Crippen MR) is 64.5 cm³/mol. The monoisotopic (exact) mass is 247 g/mol. The van der Waals surface area contributed by atoms with Crippen LogP contribution in [0.4, 0.5) is 5.82 Å². The van der Waals surface area contributed by atoms with Gasteiger partial charge in [0.05, 0.1) is 12.8 Å². The van der Waals surface area contributed by atoms with Gasteiger partial charge in [0.25, 0.3) is 5.91 Å². The maximum absolute atomic E-state index is 12.0. The number of hydrogen-bond acceptors (Lipinski definition) is 5. The first-order chi connectivity index (χ1) is 8.60. The van der Waals surface area contributed by atoms with E-state index in [0.717, 1.165) is 5.69 Å². The molecule has 1 amide bonds. The zero-order valence-electron chi connectivity index (χ0n) is 10.3. The molecule has 0 bridgehead atoms. The summed E-state index contributed by atoms with van der Waals surface area (Å²) in [7, 11) is 3.21. The number of nitrogens with zero attached hydrogens (tertiary/aromatic N) is 4. The van der Waals surface area contributed by atoms with Gasteiger partial charge in [-0.2, -0.15) is 5.10 Å². The number of aryl methyl sites for hydroxylation is 2. The Bertz CT molecular complexity index is 579. The highest BCUT2D eigenvalue weighted by atomic mass is 16.5. The lowest BCUT2D eigenvalue weighted by Crippen LogP contribution is -2.16. The van der Waals surface area contributed by atoms with E-state index in [1.807, 2.05) is 6.92 Å². The van der Waals surface area contributed by atoms with Crippen LogP contribution in [0.1, 0.15) is 16.2 Å². The zero-order chi connectivity index (χ0) is 13.1. The summed E-state index contributed by atoms with van der Waals surface area (Å²) < 4.78 is 6.47. The summed E-state index contributed by atoms with van der Waals surface area (Å²) in [5.74, 6) is 0.492. The second kappa shape index (κ2) is 4.82. The van der Waals surface area contributed by atoms with E-state index in [4.69, 9.17) is 4.74 Å². The predicted octanol–water partition coefficient (Wildman–Crippen LogP) is 0.779. The molecule has 0 fully saturated rings. The molecule has 94 valence electrons. The first-order valence-electron chi connectivity index (χ1n) is 5.28. The third-order valence-corrected chi connectivity index (χ3v) is 2.33. The fourth-order valence-electron chi connectivity index (χ4n) is 1.52. The summed E-state index contributed by atoms with van der Waals surface area (Å²) in [4.78, 5) is 19.8. The molecule has 0 spiro atoms. The zero-order valence-corrected chi connectivity index (χ0v) is 10.3. The van der Waals surface area contributed by atoms with Gasteiger partial charge in [-0.3, -0.25) is 9.48 Å². The van der Waals surface area contributed by atoms with Crippen molar-refractivity contribution in [1.29, 1.82) is 0 Å². The molecule has 7 heteroatoms. The summed E-state index contributed by atoms with van der Waals surface area (Å²) >= 11 is 0. The number of amides is 1. The van der Waals surface area contributed by atoms with E-state index in [0.29, 0.717) is 17.4 Å². The quantitative estimate of drug-likeness (QED) is 0.866. The smallest absolute Gasteiger partial charge is 0.275 e. The van der Waals surface area contributed by atoms with Crippen LogP contribution < -0.4 is 10.1 Å². The molecular weight excluding hydrogens is 234 g/mol. The molecule has 0 saturated carbocycles. The van der Waals surface area contributed by atoms with Gasteiger partial charge < -0.3 is 10.1 Å².